The Balaban J connectivity index is 2.07. The Labute approximate surface area is 190 Å². The minimum Gasteiger partial charge on any atom is -0.459 e. The summed E-state index contributed by atoms with van der Waals surface area (Å²) < 4.78 is 31.3. The highest BCUT2D eigenvalue weighted by molar-refractivity contribution is 7.98. The van der Waals surface area contributed by atoms with Gasteiger partial charge in [0.1, 0.15) is 9.93 Å². The molecule has 0 aromatic heterocycles. The average Bonchev–Trinajstić information content (AvgIpc) is 2.64. The molecule has 0 spiro atoms. The van der Waals surface area contributed by atoms with Gasteiger partial charge in [0, 0.05) is 10.6 Å². The molecular formula is C20H24N2O6S3. The number of nitro groups is 1. The fourth-order valence-electron chi connectivity index (χ4n) is 2.45. The number of hydrogen-bond donors (Lipinski definition) is 1. The van der Waals surface area contributed by atoms with E-state index in [1.807, 2.05) is 30.3 Å². The van der Waals surface area contributed by atoms with E-state index >= 15 is 0 Å². The summed E-state index contributed by atoms with van der Waals surface area (Å²) >= 11 is 1.80. The highest BCUT2D eigenvalue weighted by Gasteiger charge is 2.29. The quantitative estimate of drug-likeness (QED) is 0.133. The molecule has 2 aromatic rings. The van der Waals surface area contributed by atoms with E-state index < -0.39 is 37.0 Å². The molecule has 1 unspecified atom stereocenters. The SMILES string of the molecule is CC(C)(C)OC(=O)CS(=O)(=O)NC(S[N+](=O)[O-])c1ccc(SCc2ccccc2)cc1. The number of thioether (sulfide) groups is 1. The molecule has 2 rings (SSSR count). The van der Waals surface area contributed by atoms with Crippen molar-refractivity contribution in [3.05, 3.63) is 75.8 Å². The van der Waals surface area contributed by atoms with E-state index in [1.54, 1.807) is 56.8 Å². The van der Waals surface area contributed by atoms with E-state index in [2.05, 4.69) is 4.72 Å². The maximum atomic E-state index is 12.4. The molecule has 0 heterocycles. The third-order valence-corrected chi connectivity index (χ3v) is 6.85. The lowest BCUT2D eigenvalue weighted by atomic mass is 10.2. The van der Waals surface area contributed by atoms with Crippen LogP contribution in [0.15, 0.2) is 59.5 Å². The van der Waals surface area contributed by atoms with Gasteiger partial charge < -0.3 is 4.74 Å². The zero-order valence-corrected chi connectivity index (χ0v) is 19.8. The van der Waals surface area contributed by atoms with Crippen LogP contribution < -0.4 is 4.72 Å². The summed E-state index contributed by atoms with van der Waals surface area (Å²) in [5.41, 5.74) is 0.723. The average molecular weight is 485 g/mol. The van der Waals surface area contributed by atoms with Crippen molar-refractivity contribution in [1.82, 2.24) is 4.72 Å². The van der Waals surface area contributed by atoms with E-state index in [0.29, 0.717) is 5.56 Å². The van der Waals surface area contributed by atoms with Gasteiger partial charge in [0.25, 0.3) is 11.9 Å². The van der Waals surface area contributed by atoms with Crippen molar-refractivity contribution >= 4 is 39.7 Å². The van der Waals surface area contributed by atoms with E-state index in [9.17, 15) is 23.3 Å². The van der Waals surface area contributed by atoms with Crippen LogP contribution in [0.4, 0.5) is 0 Å². The van der Waals surface area contributed by atoms with E-state index in [-0.39, 0.29) is 11.9 Å². The third-order valence-electron chi connectivity index (χ3n) is 3.64. The second kappa shape index (κ2) is 11.0. The Bertz CT molecular complexity index is 990. The summed E-state index contributed by atoms with van der Waals surface area (Å²) in [6, 6.07) is 16.7. The molecule has 168 valence electrons. The molecule has 8 nitrogen and oxygen atoms in total. The Morgan fingerprint density at radius 2 is 1.74 bits per heavy atom. The molecule has 0 amide bonds. The van der Waals surface area contributed by atoms with Gasteiger partial charge in [-0.1, -0.05) is 42.5 Å². The number of sulfonamides is 1. The molecule has 0 aliphatic carbocycles. The van der Waals surface area contributed by atoms with Crippen LogP contribution in [-0.2, 0) is 25.3 Å². The number of nitrogens with one attached hydrogen (secondary N) is 1. The Morgan fingerprint density at radius 3 is 2.29 bits per heavy atom. The second-order valence-electron chi connectivity index (χ2n) is 7.52. The number of carbonyl (C=O) groups is 1. The molecule has 11 heteroatoms. The first-order valence-electron chi connectivity index (χ1n) is 9.23. The van der Waals surface area contributed by atoms with Crippen molar-refractivity contribution in [2.75, 3.05) is 5.75 Å². The predicted molar refractivity (Wildman–Crippen MR) is 123 cm³/mol. The maximum Gasteiger partial charge on any atom is 0.323 e. The zero-order chi connectivity index (χ0) is 23.1. The van der Waals surface area contributed by atoms with Gasteiger partial charge in [-0.3, -0.25) is 14.9 Å². The molecule has 0 saturated carbocycles. The summed E-state index contributed by atoms with van der Waals surface area (Å²) in [5, 5.41) is 9.86. The molecule has 0 aliphatic rings. The standard InChI is InChI=1S/C20H24N2O6S3/c1-20(2,3)28-18(23)14-31(26,27)21-19(30-22(24)25)16-9-11-17(12-10-16)29-13-15-7-5-4-6-8-15/h4-12,19,21H,13-14H2,1-3H3. The predicted octanol–water partition coefficient (Wildman–Crippen LogP) is 4.16. The van der Waals surface area contributed by atoms with Gasteiger partial charge in [-0.2, -0.15) is 4.72 Å². The van der Waals surface area contributed by atoms with Gasteiger partial charge >= 0.3 is 5.97 Å². The van der Waals surface area contributed by atoms with Gasteiger partial charge in [-0.25, -0.2) is 8.42 Å². The maximum absolute atomic E-state index is 12.4. The van der Waals surface area contributed by atoms with Crippen LogP contribution >= 0.6 is 23.7 Å². The Hall–Kier alpha value is -2.08. The number of nitrogens with zero attached hydrogens (tertiary/aromatic N) is 1. The second-order valence-corrected chi connectivity index (χ2v) is 11.3. The largest absolute Gasteiger partial charge is 0.459 e. The third kappa shape index (κ3) is 9.72. The fraction of sp³-hybridized carbons (Fsp3) is 0.350. The fourth-order valence-corrected chi connectivity index (χ4v) is 5.28. The van der Waals surface area contributed by atoms with Crippen molar-refractivity contribution in [1.29, 1.82) is 0 Å². The molecule has 0 saturated heterocycles. The summed E-state index contributed by atoms with van der Waals surface area (Å²) in [6.45, 7) is 4.86. The van der Waals surface area contributed by atoms with Crippen molar-refractivity contribution in [3.8, 4) is 0 Å². The van der Waals surface area contributed by atoms with Crippen LogP contribution in [0.5, 0.6) is 0 Å². The van der Waals surface area contributed by atoms with Gasteiger partial charge in [0.15, 0.2) is 11.1 Å². The van der Waals surface area contributed by atoms with Gasteiger partial charge in [-0.05, 0) is 44.0 Å². The molecule has 1 atom stereocenters. The van der Waals surface area contributed by atoms with Crippen molar-refractivity contribution in [2.24, 2.45) is 0 Å². The van der Waals surface area contributed by atoms with Crippen LogP contribution in [0.25, 0.3) is 0 Å². The lowest BCUT2D eigenvalue weighted by Crippen LogP contribution is -2.35. The number of rotatable bonds is 10. The molecule has 0 bridgehead atoms. The molecule has 31 heavy (non-hydrogen) atoms. The van der Waals surface area contributed by atoms with E-state index in [4.69, 9.17) is 4.74 Å². The highest BCUT2D eigenvalue weighted by Crippen LogP contribution is 2.30. The monoisotopic (exact) mass is 484 g/mol. The number of carbonyl (C=O) groups excluding carboxylic acids is 1. The normalized spacial score (nSPS) is 12.9. The first kappa shape index (κ1) is 25.2. The topological polar surface area (TPSA) is 116 Å². The zero-order valence-electron chi connectivity index (χ0n) is 17.3. The van der Waals surface area contributed by atoms with Crippen molar-refractivity contribution in [3.63, 3.8) is 0 Å². The highest BCUT2D eigenvalue weighted by atomic mass is 32.2. The van der Waals surface area contributed by atoms with Crippen molar-refractivity contribution < 1.29 is 22.3 Å². The van der Waals surface area contributed by atoms with Crippen LogP contribution in [0, 0.1) is 10.1 Å². The number of esters is 1. The molecule has 0 fully saturated rings. The smallest absolute Gasteiger partial charge is 0.323 e. The Morgan fingerprint density at radius 1 is 1.13 bits per heavy atom. The van der Waals surface area contributed by atoms with Crippen molar-refractivity contribution in [2.45, 2.75) is 42.4 Å². The first-order chi connectivity index (χ1) is 14.4. The van der Waals surface area contributed by atoms with Crippen LogP contribution in [-0.4, -0.2) is 30.1 Å². The molecular weight excluding hydrogens is 460 g/mol. The van der Waals surface area contributed by atoms with Gasteiger partial charge in [0.05, 0.1) is 0 Å². The molecule has 2 aromatic carbocycles. The minimum atomic E-state index is -4.16. The van der Waals surface area contributed by atoms with Gasteiger partial charge in [0.2, 0.25) is 10.0 Å². The number of ether oxygens (including phenoxy) is 1. The first-order valence-corrected chi connectivity index (χ1v) is 12.7. The van der Waals surface area contributed by atoms with Gasteiger partial charge in [-0.15, -0.1) is 11.8 Å². The van der Waals surface area contributed by atoms with Crippen LogP contribution in [0.3, 0.4) is 0 Å². The number of benzene rings is 2. The molecule has 0 aliphatic heterocycles. The summed E-state index contributed by atoms with van der Waals surface area (Å²) in [6.07, 6.45) is 0. The molecule has 0 radical (unpaired) electrons. The summed E-state index contributed by atoms with van der Waals surface area (Å²) in [7, 11) is -4.16. The van der Waals surface area contributed by atoms with Crippen LogP contribution in [0.2, 0.25) is 0 Å². The van der Waals surface area contributed by atoms with Crippen LogP contribution in [0.1, 0.15) is 37.3 Å². The lowest BCUT2D eigenvalue weighted by Gasteiger charge is -2.20. The lowest BCUT2D eigenvalue weighted by molar-refractivity contribution is -0.285. The van der Waals surface area contributed by atoms with E-state index in [0.717, 1.165) is 16.2 Å². The molecule has 1 N–H and O–H groups in total. The minimum absolute atomic E-state index is 0.209. The number of hydrogen-bond acceptors (Lipinski definition) is 8. The Kier molecular flexibility index (Phi) is 8.92. The summed E-state index contributed by atoms with van der Waals surface area (Å²) in [5.74, 6) is -1.10. The van der Waals surface area contributed by atoms with E-state index in [1.165, 1.54) is 0 Å². The summed E-state index contributed by atoms with van der Waals surface area (Å²) in [4.78, 5) is 23.8.